The summed E-state index contributed by atoms with van der Waals surface area (Å²) in [4.78, 5) is 23.9. The summed E-state index contributed by atoms with van der Waals surface area (Å²) in [6.45, 7) is 0.303. The lowest BCUT2D eigenvalue weighted by molar-refractivity contribution is -0.112. The topological polar surface area (TPSA) is 102 Å². The second kappa shape index (κ2) is 7.62. The van der Waals surface area contributed by atoms with Gasteiger partial charge in [-0.2, -0.15) is 0 Å². The number of allylic oxidation sites excluding steroid dienone is 6. The number of aromatic carboxylic acids is 1. The maximum Gasteiger partial charge on any atom is 0.337 e. The molecule has 1 amide bonds. The highest BCUT2D eigenvalue weighted by Crippen LogP contribution is 2.37. The highest BCUT2D eigenvalue weighted by Gasteiger charge is 2.29. The fraction of sp³-hybridized carbons (Fsp3) is 0.143. The maximum atomic E-state index is 12.6. The van der Waals surface area contributed by atoms with Crippen molar-refractivity contribution in [2.75, 3.05) is 11.9 Å². The summed E-state index contributed by atoms with van der Waals surface area (Å²) in [5, 5.41) is 23.8. The van der Waals surface area contributed by atoms with E-state index in [0.717, 1.165) is 5.70 Å². The zero-order chi connectivity index (χ0) is 20.5. The maximum absolute atomic E-state index is 12.6. The number of carboxylic acid groups (broad SMARTS) is 1. The normalized spacial score (nSPS) is 22.9. The van der Waals surface area contributed by atoms with Crippen molar-refractivity contribution in [3.05, 3.63) is 88.5 Å². The van der Waals surface area contributed by atoms with E-state index in [2.05, 4.69) is 10.7 Å². The predicted molar refractivity (Wildman–Crippen MR) is 109 cm³/mol. The first-order valence-electron chi connectivity index (χ1n) is 8.98. The van der Waals surface area contributed by atoms with Crippen molar-refractivity contribution >= 4 is 29.2 Å². The van der Waals surface area contributed by atoms with E-state index < -0.39 is 5.97 Å². The molecule has 0 bridgehead atoms. The molecular weight excluding hydrogens is 394 g/mol. The molecule has 148 valence electrons. The van der Waals surface area contributed by atoms with Crippen LogP contribution in [0.3, 0.4) is 0 Å². The molecule has 0 saturated carbocycles. The molecule has 2 atom stereocenters. The number of hydrazine groups is 1. The van der Waals surface area contributed by atoms with Gasteiger partial charge in [0.1, 0.15) is 5.76 Å². The summed E-state index contributed by atoms with van der Waals surface area (Å²) in [7, 11) is 0. The number of aliphatic hydroxyl groups excluding tert-OH is 1. The van der Waals surface area contributed by atoms with E-state index in [0.29, 0.717) is 17.2 Å². The average Bonchev–Trinajstić information content (AvgIpc) is 3.21. The van der Waals surface area contributed by atoms with E-state index >= 15 is 0 Å². The molecular formula is C21H18ClN3O4. The summed E-state index contributed by atoms with van der Waals surface area (Å²) in [5.41, 5.74) is 4.71. The number of rotatable bonds is 4. The first-order valence-corrected chi connectivity index (χ1v) is 9.36. The lowest BCUT2D eigenvalue weighted by Crippen LogP contribution is -2.30. The van der Waals surface area contributed by atoms with Crippen molar-refractivity contribution in [3.8, 4) is 0 Å². The van der Waals surface area contributed by atoms with E-state index in [9.17, 15) is 19.8 Å². The molecule has 1 aromatic rings. The molecule has 1 aliphatic heterocycles. The molecule has 0 radical (unpaired) electrons. The molecule has 0 aromatic heterocycles. The zero-order valence-corrected chi connectivity index (χ0v) is 15.9. The summed E-state index contributed by atoms with van der Waals surface area (Å²) >= 11 is 6.19. The van der Waals surface area contributed by atoms with Gasteiger partial charge in [-0.1, -0.05) is 42.0 Å². The zero-order valence-electron chi connectivity index (χ0n) is 15.2. The molecule has 1 aromatic carbocycles. The average molecular weight is 412 g/mol. The first-order chi connectivity index (χ1) is 13.9. The highest BCUT2D eigenvalue weighted by atomic mass is 35.5. The number of hydrogen-bond donors (Lipinski definition) is 4. The number of para-hydroxylation sites is 1. The number of fused-ring (bicyclic) bond motifs is 1. The minimum absolute atomic E-state index is 0.00826. The quantitative estimate of drug-likeness (QED) is 0.606. The second-order valence-electron chi connectivity index (χ2n) is 6.81. The Hall–Kier alpha value is -3.29. The molecule has 4 N–H and O–H groups in total. The molecule has 2 unspecified atom stereocenters. The molecule has 2 aliphatic carbocycles. The smallest absolute Gasteiger partial charge is 0.337 e. The van der Waals surface area contributed by atoms with Gasteiger partial charge in [0, 0.05) is 24.6 Å². The van der Waals surface area contributed by atoms with Crippen molar-refractivity contribution in [1.82, 2.24) is 10.4 Å². The third-order valence-corrected chi connectivity index (χ3v) is 5.41. The van der Waals surface area contributed by atoms with Crippen LogP contribution in [-0.4, -0.2) is 33.6 Å². The fourth-order valence-electron chi connectivity index (χ4n) is 3.43. The van der Waals surface area contributed by atoms with Gasteiger partial charge in [0.2, 0.25) is 0 Å². The Labute approximate surface area is 171 Å². The Balaban J connectivity index is 1.49. The number of hydrogen-bond acceptors (Lipinski definition) is 5. The van der Waals surface area contributed by atoms with Crippen LogP contribution < -0.4 is 10.7 Å². The van der Waals surface area contributed by atoms with Gasteiger partial charge in [0.25, 0.3) is 5.91 Å². The van der Waals surface area contributed by atoms with Crippen LogP contribution in [0.2, 0.25) is 0 Å². The molecule has 0 spiro atoms. The van der Waals surface area contributed by atoms with E-state index in [-0.39, 0.29) is 34.8 Å². The minimum Gasteiger partial charge on any atom is -0.507 e. The molecule has 29 heavy (non-hydrogen) atoms. The monoisotopic (exact) mass is 411 g/mol. The van der Waals surface area contributed by atoms with Gasteiger partial charge in [-0.25, -0.2) is 10.2 Å². The van der Waals surface area contributed by atoms with Crippen molar-refractivity contribution in [2.45, 2.75) is 0 Å². The number of aliphatic hydroxyl groups is 1. The number of amides is 1. The molecule has 3 aliphatic rings. The van der Waals surface area contributed by atoms with Crippen LogP contribution in [-0.2, 0) is 4.79 Å². The SMILES string of the molecule is O=C(Nc1ccccc1C(=O)O)C1=CN(C2=CC3C=CC(O)=C(Cl)C3C=C2)NC1. The number of nitrogens with zero attached hydrogens (tertiary/aromatic N) is 1. The minimum atomic E-state index is -1.10. The lowest BCUT2D eigenvalue weighted by Gasteiger charge is -2.29. The predicted octanol–water partition coefficient (Wildman–Crippen LogP) is 3.29. The van der Waals surface area contributed by atoms with Crippen LogP contribution in [0.15, 0.2) is 82.9 Å². The number of carboxylic acids is 1. The summed E-state index contributed by atoms with van der Waals surface area (Å²) in [6, 6.07) is 6.26. The largest absolute Gasteiger partial charge is 0.507 e. The van der Waals surface area contributed by atoms with E-state index in [1.54, 1.807) is 35.5 Å². The number of carbonyl (C=O) groups is 2. The third-order valence-electron chi connectivity index (χ3n) is 4.97. The second-order valence-corrected chi connectivity index (χ2v) is 7.22. The number of nitrogens with one attached hydrogen (secondary N) is 2. The van der Waals surface area contributed by atoms with Crippen LogP contribution in [0.4, 0.5) is 5.69 Å². The lowest BCUT2D eigenvalue weighted by atomic mass is 9.83. The summed E-state index contributed by atoms with van der Waals surface area (Å²) in [5.74, 6) is -1.50. The van der Waals surface area contributed by atoms with Crippen LogP contribution in [0.25, 0.3) is 0 Å². The van der Waals surface area contributed by atoms with E-state index in [4.69, 9.17) is 11.6 Å². The Morgan fingerprint density at radius 2 is 2.00 bits per heavy atom. The van der Waals surface area contributed by atoms with Crippen LogP contribution in [0.5, 0.6) is 0 Å². The molecule has 0 fully saturated rings. The molecule has 0 saturated heterocycles. The summed E-state index contributed by atoms with van der Waals surface area (Å²) in [6.07, 6.45) is 10.9. The van der Waals surface area contributed by atoms with Crippen LogP contribution >= 0.6 is 11.6 Å². The van der Waals surface area contributed by atoms with Gasteiger partial charge >= 0.3 is 5.97 Å². The Morgan fingerprint density at radius 3 is 2.79 bits per heavy atom. The number of halogens is 1. The van der Waals surface area contributed by atoms with Gasteiger partial charge < -0.3 is 15.5 Å². The van der Waals surface area contributed by atoms with E-state index in [1.165, 1.54) is 6.07 Å². The van der Waals surface area contributed by atoms with Crippen LogP contribution in [0, 0.1) is 11.8 Å². The number of carbonyl (C=O) groups excluding carboxylic acids is 1. The third kappa shape index (κ3) is 3.70. The fourth-order valence-corrected chi connectivity index (χ4v) is 3.71. The molecule has 7 nitrogen and oxygen atoms in total. The Morgan fingerprint density at radius 1 is 1.21 bits per heavy atom. The van der Waals surface area contributed by atoms with Crippen molar-refractivity contribution < 1.29 is 19.8 Å². The summed E-state index contributed by atoms with van der Waals surface area (Å²) < 4.78 is 0. The van der Waals surface area contributed by atoms with Crippen molar-refractivity contribution in [2.24, 2.45) is 11.8 Å². The highest BCUT2D eigenvalue weighted by molar-refractivity contribution is 6.30. The van der Waals surface area contributed by atoms with Gasteiger partial charge in [-0.05, 0) is 24.3 Å². The van der Waals surface area contributed by atoms with E-state index in [1.807, 2.05) is 24.3 Å². The van der Waals surface area contributed by atoms with Gasteiger partial charge in [-0.3, -0.25) is 9.80 Å². The molecule has 1 heterocycles. The van der Waals surface area contributed by atoms with Gasteiger partial charge in [0.15, 0.2) is 0 Å². The first kappa shape index (κ1) is 19.0. The molecule has 8 heteroatoms. The van der Waals surface area contributed by atoms with Gasteiger partial charge in [0.05, 0.1) is 27.6 Å². The van der Waals surface area contributed by atoms with Gasteiger partial charge in [-0.15, -0.1) is 0 Å². The number of anilines is 1. The van der Waals surface area contributed by atoms with Crippen molar-refractivity contribution in [1.29, 1.82) is 0 Å². The Kier molecular flexibility index (Phi) is 5.00. The Bertz CT molecular complexity index is 1040. The number of benzene rings is 1. The standard InChI is InChI=1S/C21H18ClN3O4/c22-19-15-7-6-14(9-12(15)5-8-18(19)26)25-11-13(10-23-25)20(27)24-17-4-2-1-3-16(17)21(28)29/h1-9,11-12,15,23,26H,10H2,(H,24,27)(H,28,29). The van der Waals surface area contributed by atoms with Crippen LogP contribution in [0.1, 0.15) is 10.4 Å². The van der Waals surface area contributed by atoms with Crippen molar-refractivity contribution in [3.63, 3.8) is 0 Å². The molecule has 4 rings (SSSR count).